The first-order valence-corrected chi connectivity index (χ1v) is 10.7. The molecule has 4 amide bonds. The van der Waals surface area contributed by atoms with Crippen molar-refractivity contribution in [2.45, 2.75) is 38.6 Å². The highest BCUT2D eigenvalue weighted by Gasteiger charge is 2.56. The van der Waals surface area contributed by atoms with Gasteiger partial charge >= 0.3 is 6.03 Å². The van der Waals surface area contributed by atoms with Crippen LogP contribution in [-0.2, 0) is 16.0 Å². The van der Waals surface area contributed by atoms with Gasteiger partial charge in [0.1, 0.15) is 12.1 Å². The van der Waals surface area contributed by atoms with Crippen molar-refractivity contribution in [1.29, 1.82) is 0 Å². The summed E-state index contributed by atoms with van der Waals surface area (Å²) in [6.07, 6.45) is 2.54. The first kappa shape index (κ1) is 19.6. The van der Waals surface area contributed by atoms with Gasteiger partial charge in [-0.25, -0.2) is 9.78 Å². The Morgan fingerprint density at radius 2 is 2.03 bits per heavy atom. The number of carbonyl (C=O) groups excluding carboxylic acids is 3. The van der Waals surface area contributed by atoms with Crippen molar-refractivity contribution in [2.75, 3.05) is 13.1 Å². The molecule has 7 nitrogen and oxygen atoms in total. The van der Waals surface area contributed by atoms with Gasteiger partial charge in [0.05, 0.1) is 10.7 Å². The third kappa shape index (κ3) is 4.03. The van der Waals surface area contributed by atoms with Gasteiger partial charge in [0.15, 0.2) is 0 Å². The van der Waals surface area contributed by atoms with Crippen LogP contribution in [0.2, 0.25) is 0 Å². The van der Waals surface area contributed by atoms with Crippen LogP contribution in [0.3, 0.4) is 0 Å². The molecule has 1 aliphatic heterocycles. The number of thiazole rings is 1. The predicted octanol–water partition coefficient (Wildman–Crippen LogP) is 2.50. The maximum Gasteiger partial charge on any atom is 0.325 e. The molecule has 1 aromatic carbocycles. The minimum Gasteiger partial charge on any atom is -0.354 e. The Morgan fingerprint density at radius 3 is 2.66 bits per heavy atom. The van der Waals surface area contributed by atoms with Crippen LogP contribution in [0.4, 0.5) is 4.79 Å². The summed E-state index contributed by atoms with van der Waals surface area (Å²) in [7, 11) is 0. The predicted molar refractivity (Wildman–Crippen MR) is 110 cm³/mol. The normalized spacial score (nSPS) is 21.4. The molecule has 0 radical (unpaired) electrons. The second-order valence-corrected chi connectivity index (χ2v) is 8.91. The number of amides is 4. The second-order valence-electron chi connectivity index (χ2n) is 7.85. The molecule has 29 heavy (non-hydrogen) atoms. The fourth-order valence-corrected chi connectivity index (χ4v) is 4.30. The maximum absolute atomic E-state index is 12.6. The molecule has 1 unspecified atom stereocenters. The van der Waals surface area contributed by atoms with Crippen LogP contribution >= 0.6 is 11.3 Å². The second kappa shape index (κ2) is 7.59. The zero-order valence-electron chi connectivity index (χ0n) is 16.5. The molecular formula is C21H24N4O3S. The summed E-state index contributed by atoms with van der Waals surface area (Å²) in [6, 6.07) is 7.62. The van der Waals surface area contributed by atoms with E-state index in [-0.39, 0.29) is 24.3 Å². The zero-order chi connectivity index (χ0) is 20.6. The van der Waals surface area contributed by atoms with Gasteiger partial charge in [-0.2, -0.15) is 0 Å². The molecule has 8 heteroatoms. The molecule has 2 fully saturated rings. The summed E-state index contributed by atoms with van der Waals surface area (Å²) in [6.45, 7) is 3.93. The standard InChI is InChI=1S/C21H24N4O3S/c1-13-23-17(12-29-13)15-5-3-14(4-6-15)9-10-22-18(26)11-25-19(27)21(2,16-7-8-16)24-20(25)28/h3-6,12,16H,7-11H2,1-2H3,(H,22,26)(H,24,28). The number of hydrogen-bond acceptors (Lipinski definition) is 5. The molecule has 2 aromatic rings. The molecule has 1 saturated carbocycles. The fourth-order valence-electron chi connectivity index (χ4n) is 3.68. The molecule has 0 spiro atoms. The van der Waals surface area contributed by atoms with E-state index < -0.39 is 11.6 Å². The highest BCUT2D eigenvalue weighted by atomic mass is 32.1. The topological polar surface area (TPSA) is 91.4 Å². The SMILES string of the molecule is Cc1nc(-c2ccc(CCNC(=O)CN3C(=O)NC(C)(C4CC4)C3=O)cc2)cs1. The number of aromatic nitrogens is 1. The number of aryl methyl sites for hydroxylation is 1. The van der Waals surface area contributed by atoms with Crippen LogP contribution in [0.1, 0.15) is 30.3 Å². The van der Waals surface area contributed by atoms with E-state index in [1.807, 2.05) is 36.6 Å². The minimum absolute atomic E-state index is 0.183. The number of hydrogen-bond donors (Lipinski definition) is 2. The maximum atomic E-state index is 12.6. The van der Waals surface area contributed by atoms with E-state index in [1.165, 1.54) is 0 Å². The molecule has 2 aliphatic rings. The first-order chi connectivity index (χ1) is 13.9. The molecule has 1 aliphatic carbocycles. The third-order valence-corrected chi connectivity index (χ3v) is 6.37. The van der Waals surface area contributed by atoms with Crippen molar-refractivity contribution in [3.05, 3.63) is 40.2 Å². The van der Waals surface area contributed by atoms with E-state index in [0.717, 1.165) is 39.6 Å². The van der Waals surface area contributed by atoms with Crippen LogP contribution in [0.15, 0.2) is 29.6 Å². The van der Waals surface area contributed by atoms with E-state index >= 15 is 0 Å². The average molecular weight is 413 g/mol. The van der Waals surface area contributed by atoms with Crippen LogP contribution in [0.5, 0.6) is 0 Å². The van der Waals surface area contributed by atoms with Crippen molar-refractivity contribution >= 4 is 29.2 Å². The van der Waals surface area contributed by atoms with Gasteiger partial charge < -0.3 is 10.6 Å². The first-order valence-electron chi connectivity index (χ1n) is 9.79. The van der Waals surface area contributed by atoms with E-state index in [1.54, 1.807) is 18.3 Å². The Labute approximate surface area is 173 Å². The van der Waals surface area contributed by atoms with Crippen molar-refractivity contribution in [3.63, 3.8) is 0 Å². The number of nitrogens with one attached hydrogen (secondary N) is 2. The number of urea groups is 1. The lowest BCUT2D eigenvalue weighted by Gasteiger charge is -2.20. The minimum atomic E-state index is -0.852. The number of nitrogens with zero attached hydrogens (tertiary/aromatic N) is 2. The Bertz CT molecular complexity index is 951. The summed E-state index contributed by atoms with van der Waals surface area (Å²) in [5.74, 6) is -0.445. The summed E-state index contributed by atoms with van der Waals surface area (Å²) in [4.78, 5) is 42.4. The Kier molecular flexibility index (Phi) is 5.12. The number of carbonyl (C=O) groups is 3. The molecule has 4 rings (SSSR count). The van der Waals surface area contributed by atoms with E-state index in [0.29, 0.717) is 13.0 Å². The lowest BCUT2D eigenvalue weighted by Crippen LogP contribution is -2.47. The molecule has 2 heterocycles. The number of imide groups is 1. The van der Waals surface area contributed by atoms with Gasteiger partial charge in [-0.3, -0.25) is 14.5 Å². The lowest BCUT2D eigenvalue weighted by molar-refractivity contribution is -0.135. The fraction of sp³-hybridized carbons (Fsp3) is 0.429. The Balaban J connectivity index is 1.26. The highest BCUT2D eigenvalue weighted by molar-refractivity contribution is 7.09. The van der Waals surface area contributed by atoms with E-state index in [2.05, 4.69) is 15.6 Å². The Hall–Kier alpha value is -2.74. The summed E-state index contributed by atoms with van der Waals surface area (Å²) in [5, 5.41) is 8.62. The zero-order valence-corrected chi connectivity index (χ0v) is 17.3. The van der Waals surface area contributed by atoms with E-state index in [9.17, 15) is 14.4 Å². The van der Waals surface area contributed by atoms with Crippen LogP contribution in [0, 0.1) is 12.8 Å². The molecule has 0 bridgehead atoms. The quantitative estimate of drug-likeness (QED) is 0.684. The van der Waals surface area contributed by atoms with Crippen molar-refractivity contribution in [1.82, 2.24) is 20.5 Å². The smallest absolute Gasteiger partial charge is 0.325 e. The van der Waals surface area contributed by atoms with Gasteiger partial charge in [0.25, 0.3) is 5.91 Å². The summed E-state index contributed by atoms with van der Waals surface area (Å²) in [5.41, 5.74) is 2.28. The molecule has 152 valence electrons. The molecular weight excluding hydrogens is 388 g/mol. The summed E-state index contributed by atoms with van der Waals surface area (Å²) >= 11 is 1.62. The number of rotatable bonds is 7. The van der Waals surface area contributed by atoms with Crippen LogP contribution in [0.25, 0.3) is 11.3 Å². The van der Waals surface area contributed by atoms with Crippen molar-refractivity contribution in [3.8, 4) is 11.3 Å². The van der Waals surface area contributed by atoms with Crippen LogP contribution in [-0.4, -0.2) is 46.4 Å². The molecule has 1 atom stereocenters. The number of benzene rings is 1. The van der Waals surface area contributed by atoms with Gasteiger partial charge in [-0.05, 0) is 44.6 Å². The highest BCUT2D eigenvalue weighted by Crippen LogP contribution is 2.42. The van der Waals surface area contributed by atoms with E-state index in [4.69, 9.17) is 0 Å². The van der Waals surface area contributed by atoms with Crippen molar-refractivity contribution in [2.24, 2.45) is 5.92 Å². The third-order valence-electron chi connectivity index (χ3n) is 5.60. The van der Waals surface area contributed by atoms with Crippen molar-refractivity contribution < 1.29 is 14.4 Å². The molecule has 1 aromatic heterocycles. The van der Waals surface area contributed by atoms with Crippen LogP contribution < -0.4 is 10.6 Å². The van der Waals surface area contributed by atoms with Gasteiger partial charge in [-0.1, -0.05) is 24.3 Å². The van der Waals surface area contributed by atoms with Gasteiger partial charge in [0, 0.05) is 17.5 Å². The Morgan fingerprint density at radius 1 is 1.31 bits per heavy atom. The molecule has 2 N–H and O–H groups in total. The largest absolute Gasteiger partial charge is 0.354 e. The molecule has 1 saturated heterocycles. The van der Waals surface area contributed by atoms with Gasteiger partial charge in [-0.15, -0.1) is 11.3 Å². The monoisotopic (exact) mass is 412 g/mol. The van der Waals surface area contributed by atoms with Gasteiger partial charge in [0.2, 0.25) is 5.91 Å². The lowest BCUT2D eigenvalue weighted by atomic mass is 9.96. The average Bonchev–Trinajstić information content (AvgIpc) is 3.43. The summed E-state index contributed by atoms with van der Waals surface area (Å²) < 4.78 is 0.